The highest BCUT2D eigenvalue weighted by molar-refractivity contribution is 6.28. The van der Waals surface area contributed by atoms with Gasteiger partial charge in [-0.05, 0) is 23.7 Å². The van der Waals surface area contributed by atoms with Crippen LogP contribution in [0.4, 0.5) is 0 Å². The topological polar surface area (TPSA) is 56.5 Å². The molecule has 0 unspecified atom stereocenters. The smallest absolute Gasteiger partial charge is 0.225 e. The van der Waals surface area contributed by atoms with Crippen molar-refractivity contribution in [2.75, 3.05) is 0 Å². The molecule has 5 nitrogen and oxygen atoms in total. The maximum absolute atomic E-state index is 6.04. The third-order valence-electron chi connectivity index (χ3n) is 3.40. The van der Waals surface area contributed by atoms with Crippen molar-refractivity contribution in [1.29, 1.82) is 0 Å². The minimum absolute atomic E-state index is 0.203. The Balaban J connectivity index is 2.03. The summed E-state index contributed by atoms with van der Waals surface area (Å²) >= 11 is 6.04. The summed E-state index contributed by atoms with van der Waals surface area (Å²) in [5, 5.41) is 1.25. The molecule has 0 saturated heterocycles. The van der Waals surface area contributed by atoms with Crippen molar-refractivity contribution in [1.82, 2.24) is 24.5 Å². The van der Waals surface area contributed by atoms with Gasteiger partial charge in [-0.15, -0.1) is 0 Å². The third-order valence-corrected chi connectivity index (χ3v) is 3.57. The number of nitrogens with zero attached hydrogens (tertiary/aromatic N) is 5. The van der Waals surface area contributed by atoms with Gasteiger partial charge in [0.05, 0.1) is 11.8 Å². The molecule has 3 aromatic heterocycles. The maximum Gasteiger partial charge on any atom is 0.225 e. The van der Waals surface area contributed by atoms with Gasteiger partial charge in [-0.3, -0.25) is 4.98 Å². The Morgan fingerprint density at radius 2 is 1.95 bits per heavy atom. The zero-order valence-electron chi connectivity index (χ0n) is 11.2. The normalized spacial score (nSPS) is 11.3. The van der Waals surface area contributed by atoms with Gasteiger partial charge in [0.2, 0.25) is 5.28 Å². The van der Waals surface area contributed by atoms with E-state index in [2.05, 4.69) is 19.9 Å². The van der Waals surface area contributed by atoms with Gasteiger partial charge < -0.3 is 4.57 Å². The minimum Gasteiger partial charge on any atom is -0.318 e. The van der Waals surface area contributed by atoms with Gasteiger partial charge in [0.15, 0.2) is 5.65 Å². The molecular weight excluding hydrogens is 286 g/mol. The van der Waals surface area contributed by atoms with Crippen LogP contribution in [0.5, 0.6) is 0 Å². The molecule has 102 valence electrons. The molecule has 0 saturated carbocycles. The van der Waals surface area contributed by atoms with Gasteiger partial charge in [0.25, 0.3) is 0 Å². The van der Waals surface area contributed by atoms with Crippen LogP contribution in [-0.2, 0) is 7.05 Å². The Hall–Kier alpha value is -2.53. The van der Waals surface area contributed by atoms with E-state index in [0.29, 0.717) is 11.3 Å². The largest absolute Gasteiger partial charge is 0.318 e. The summed E-state index contributed by atoms with van der Waals surface area (Å²) in [6.45, 7) is 0. The van der Waals surface area contributed by atoms with Crippen LogP contribution in [0.15, 0.2) is 42.9 Å². The molecule has 0 bridgehead atoms. The molecule has 0 atom stereocenters. The Kier molecular flexibility index (Phi) is 2.62. The predicted octanol–water partition coefficient (Wildman–Crippen LogP) is 3.23. The van der Waals surface area contributed by atoms with Gasteiger partial charge in [-0.1, -0.05) is 18.2 Å². The van der Waals surface area contributed by atoms with Gasteiger partial charge >= 0.3 is 0 Å². The average Bonchev–Trinajstić information content (AvgIpc) is 2.87. The number of fused-ring (bicyclic) bond motifs is 2. The quantitative estimate of drug-likeness (QED) is 0.506. The first-order chi connectivity index (χ1) is 10.2. The summed E-state index contributed by atoms with van der Waals surface area (Å²) in [5.74, 6) is 0. The van der Waals surface area contributed by atoms with Crippen LogP contribution in [0.25, 0.3) is 33.3 Å². The van der Waals surface area contributed by atoms with E-state index in [0.717, 1.165) is 22.0 Å². The lowest BCUT2D eigenvalue weighted by Gasteiger charge is -2.04. The van der Waals surface area contributed by atoms with Gasteiger partial charge in [0.1, 0.15) is 11.2 Å². The monoisotopic (exact) mass is 295 g/mol. The fraction of sp³-hybridized carbons (Fsp3) is 0.0667. The van der Waals surface area contributed by atoms with Crippen LogP contribution < -0.4 is 0 Å². The van der Waals surface area contributed by atoms with Crippen molar-refractivity contribution < 1.29 is 0 Å². The second-order valence-electron chi connectivity index (χ2n) is 4.79. The van der Waals surface area contributed by atoms with Crippen LogP contribution in [0.1, 0.15) is 0 Å². The standard InChI is InChI=1S/C15H10ClN5/c1-21-8-18-13-12(19-15(16)20-14(13)21)10-6-9-4-2-3-5-11(9)17-7-10/h2-8H,1H3. The van der Waals surface area contributed by atoms with Crippen molar-refractivity contribution in [2.45, 2.75) is 0 Å². The molecule has 3 heterocycles. The fourth-order valence-electron chi connectivity index (χ4n) is 2.38. The molecule has 0 amide bonds. The second-order valence-corrected chi connectivity index (χ2v) is 5.12. The van der Waals surface area contributed by atoms with E-state index in [9.17, 15) is 0 Å². The second kappa shape index (κ2) is 4.49. The number of pyridine rings is 1. The summed E-state index contributed by atoms with van der Waals surface area (Å²) in [6.07, 6.45) is 3.49. The molecule has 0 N–H and O–H groups in total. The van der Waals surface area contributed by atoms with Crippen molar-refractivity contribution in [3.63, 3.8) is 0 Å². The highest BCUT2D eigenvalue weighted by Crippen LogP contribution is 2.27. The molecular formula is C15H10ClN5. The van der Waals surface area contributed by atoms with Crippen molar-refractivity contribution in [3.05, 3.63) is 48.1 Å². The van der Waals surface area contributed by atoms with E-state index in [1.807, 2.05) is 41.9 Å². The summed E-state index contributed by atoms with van der Waals surface area (Å²) in [4.78, 5) is 17.4. The highest BCUT2D eigenvalue weighted by atomic mass is 35.5. The number of benzene rings is 1. The van der Waals surface area contributed by atoms with E-state index >= 15 is 0 Å². The Morgan fingerprint density at radius 3 is 2.86 bits per heavy atom. The first-order valence-electron chi connectivity index (χ1n) is 6.42. The molecule has 4 rings (SSSR count). The SMILES string of the molecule is Cn1cnc2c(-c3cnc4ccccc4c3)nc(Cl)nc21. The van der Waals surface area contributed by atoms with E-state index in [4.69, 9.17) is 11.6 Å². The third kappa shape index (κ3) is 1.94. The first kappa shape index (κ1) is 12.2. The first-order valence-corrected chi connectivity index (χ1v) is 6.80. The zero-order chi connectivity index (χ0) is 14.4. The number of para-hydroxylation sites is 1. The van der Waals surface area contributed by atoms with Crippen molar-refractivity contribution >= 4 is 33.7 Å². The zero-order valence-corrected chi connectivity index (χ0v) is 11.9. The molecule has 1 aromatic carbocycles. The van der Waals surface area contributed by atoms with Gasteiger partial charge in [-0.2, -0.15) is 4.98 Å². The van der Waals surface area contributed by atoms with Crippen LogP contribution >= 0.6 is 11.6 Å². The lowest BCUT2D eigenvalue weighted by atomic mass is 10.1. The number of aromatic nitrogens is 5. The summed E-state index contributed by atoms with van der Waals surface area (Å²) in [5.41, 5.74) is 3.95. The Labute approximate surface area is 125 Å². The van der Waals surface area contributed by atoms with Gasteiger partial charge in [0, 0.05) is 24.2 Å². The summed E-state index contributed by atoms with van der Waals surface area (Å²) in [6, 6.07) is 9.98. The lowest BCUT2D eigenvalue weighted by molar-refractivity contribution is 0.928. The number of rotatable bonds is 1. The molecule has 0 radical (unpaired) electrons. The van der Waals surface area contributed by atoms with Crippen molar-refractivity contribution in [3.8, 4) is 11.3 Å². The number of aryl methyl sites for hydroxylation is 1. The molecule has 0 fully saturated rings. The van der Waals surface area contributed by atoms with Crippen LogP contribution in [0, 0.1) is 0 Å². The average molecular weight is 296 g/mol. The summed E-state index contributed by atoms with van der Waals surface area (Å²) in [7, 11) is 1.88. The predicted molar refractivity (Wildman–Crippen MR) is 82.1 cm³/mol. The van der Waals surface area contributed by atoms with E-state index in [1.54, 1.807) is 12.5 Å². The van der Waals surface area contributed by atoms with Crippen LogP contribution in [-0.4, -0.2) is 24.5 Å². The lowest BCUT2D eigenvalue weighted by Crippen LogP contribution is -1.94. The van der Waals surface area contributed by atoms with Gasteiger partial charge in [-0.25, -0.2) is 9.97 Å². The molecule has 6 heteroatoms. The molecule has 0 spiro atoms. The number of imidazole rings is 1. The molecule has 0 aliphatic carbocycles. The Bertz CT molecular complexity index is 976. The molecule has 21 heavy (non-hydrogen) atoms. The van der Waals surface area contributed by atoms with Crippen LogP contribution in [0.2, 0.25) is 5.28 Å². The molecule has 0 aliphatic rings. The fourth-order valence-corrected chi connectivity index (χ4v) is 2.55. The molecule has 4 aromatic rings. The number of hydrogen-bond donors (Lipinski definition) is 0. The van der Waals surface area contributed by atoms with E-state index in [-0.39, 0.29) is 5.28 Å². The number of halogens is 1. The maximum atomic E-state index is 6.04. The Morgan fingerprint density at radius 1 is 1.10 bits per heavy atom. The molecule has 0 aliphatic heterocycles. The number of hydrogen-bond acceptors (Lipinski definition) is 4. The van der Waals surface area contributed by atoms with E-state index in [1.165, 1.54) is 0 Å². The van der Waals surface area contributed by atoms with Crippen LogP contribution in [0.3, 0.4) is 0 Å². The highest BCUT2D eigenvalue weighted by Gasteiger charge is 2.13. The van der Waals surface area contributed by atoms with Crippen molar-refractivity contribution in [2.24, 2.45) is 7.05 Å². The van der Waals surface area contributed by atoms with E-state index < -0.39 is 0 Å². The summed E-state index contributed by atoms with van der Waals surface area (Å²) < 4.78 is 1.82. The minimum atomic E-state index is 0.203.